The van der Waals surface area contributed by atoms with Gasteiger partial charge in [-0.2, -0.15) is 0 Å². The second kappa shape index (κ2) is 7.27. The minimum atomic E-state index is -1.57. The quantitative estimate of drug-likeness (QED) is 0.309. The number of hydrogen-bond acceptors (Lipinski definition) is 1. The summed E-state index contributed by atoms with van der Waals surface area (Å²) in [5.41, 5.74) is 0.674. The van der Waals surface area contributed by atoms with Crippen molar-refractivity contribution in [1.29, 1.82) is 0 Å². The molecule has 0 spiro atoms. The Bertz CT molecular complexity index is 721. The van der Waals surface area contributed by atoms with Gasteiger partial charge in [-0.15, -0.1) is 0 Å². The lowest BCUT2D eigenvalue weighted by atomic mass is 10.1. The molecular formula is C15H11BrF4N2S. The van der Waals surface area contributed by atoms with Crippen LogP contribution in [0.1, 0.15) is 12.5 Å². The van der Waals surface area contributed by atoms with Gasteiger partial charge in [0.2, 0.25) is 0 Å². The largest absolute Gasteiger partial charge is 0.332 e. The summed E-state index contributed by atoms with van der Waals surface area (Å²) in [5, 5.41) is 4.61. The Morgan fingerprint density at radius 1 is 0.957 bits per heavy atom. The molecule has 23 heavy (non-hydrogen) atoms. The molecule has 2 aromatic rings. The monoisotopic (exact) mass is 406 g/mol. The van der Waals surface area contributed by atoms with E-state index >= 15 is 0 Å². The summed E-state index contributed by atoms with van der Waals surface area (Å²) in [6, 6.07) is 7.15. The van der Waals surface area contributed by atoms with E-state index in [0.717, 1.165) is 12.0 Å². The van der Waals surface area contributed by atoms with Gasteiger partial charge in [0.25, 0.3) is 0 Å². The molecule has 8 heteroatoms. The van der Waals surface area contributed by atoms with Crippen LogP contribution in [0.4, 0.5) is 28.9 Å². The maximum absolute atomic E-state index is 13.7. The molecule has 0 unspecified atom stereocenters. The van der Waals surface area contributed by atoms with Crippen molar-refractivity contribution in [2.24, 2.45) is 0 Å². The van der Waals surface area contributed by atoms with Crippen molar-refractivity contribution in [1.82, 2.24) is 0 Å². The minimum Gasteiger partial charge on any atom is -0.332 e. The van der Waals surface area contributed by atoms with Gasteiger partial charge in [0, 0.05) is 5.69 Å². The molecular weight excluding hydrogens is 396 g/mol. The van der Waals surface area contributed by atoms with Crippen LogP contribution in [-0.4, -0.2) is 5.11 Å². The Labute approximate surface area is 144 Å². The van der Waals surface area contributed by atoms with Gasteiger partial charge in [0.1, 0.15) is 5.69 Å². The Hall–Kier alpha value is -1.67. The summed E-state index contributed by atoms with van der Waals surface area (Å²) in [6.07, 6.45) is 0.858. The minimum absolute atomic E-state index is 0.201. The van der Waals surface area contributed by atoms with Crippen LogP contribution in [-0.2, 0) is 6.42 Å². The maximum atomic E-state index is 13.7. The van der Waals surface area contributed by atoms with Gasteiger partial charge in [-0.3, -0.25) is 0 Å². The highest BCUT2D eigenvalue weighted by Gasteiger charge is 2.24. The van der Waals surface area contributed by atoms with Gasteiger partial charge in [-0.25, -0.2) is 17.6 Å². The van der Waals surface area contributed by atoms with E-state index in [-0.39, 0.29) is 5.11 Å². The molecule has 0 atom stereocenters. The van der Waals surface area contributed by atoms with E-state index in [1.165, 1.54) is 0 Å². The first-order valence-corrected chi connectivity index (χ1v) is 7.73. The Morgan fingerprint density at radius 3 is 1.96 bits per heavy atom. The number of rotatable bonds is 3. The SMILES string of the molecule is CCc1ccc(NC(=S)Nc2c(F)c(F)c(Br)c(F)c2F)cc1. The third kappa shape index (κ3) is 3.81. The van der Waals surface area contributed by atoms with E-state index in [1.54, 1.807) is 12.1 Å². The van der Waals surface area contributed by atoms with Crippen LogP contribution in [0.3, 0.4) is 0 Å². The molecule has 0 radical (unpaired) electrons. The standard InChI is InChI=1S/C15H11BrF4N2S/c1-2-7-3-5-8(6-4-7)21-15(23)22-14-12(19)10(17)9(16)11(18)13(14)20/h3-6H,2H2,1H3,(H2,21,22,23). The Kier molecular flexibility index (Phi) is 5.59. The van der Waals surface area contributed by atoms with E-state index < -0.39 is 33.4 Å². The molecule has 0 saturated carbocycles. The fourth-order valence-corrected chi connectivity index (χ4v) is 2.38. The van der Waals surface area contributed by atoms with Crippen molar-refractivity contribution >= 4 is 44.6 Å². The zero-order chi connectivity index (χ0) is 17.1. The van der Waals surface area contributed by atoms with Crippen LogP contribution in [0.25, 0.3) is 0 Å². The summed E-state index contributed by atoms with van der Waals surface area (Å²) >= 11 is 7.35. The Balaban J connectivity index is 2.20. The third-order valence-corrected chi connectivity index (χ3v) is 3.97. The molecule has 2 aromatic carbocycles. The summed E-state index contributed by atoms with van der Waals surface area (Å²) in [7, 11) is 0. The van der Waals surface area contributed by atoms with Gasteiger partial charge in [0.15, 0.2) is 28.4 Å². The normalized spacial score (nSPS) is 10.5. The van der Waals surface area contributed by atoms with Crippen molar-refractivity contribution in [3.05, 3.63) is 57.6 Å². The fourth-order valence-electron chi connectivity index (χ4n) is 1.81. The maximum Gasteiger partial charge on any atom is 0.186 e. The topological polar surface area (TPSA) is 24.1 Å². The first-order valence-electron chi connectivity index (χ1n) is 6.53. The van der Waals surface area contributed by atoms with Gasteiger partial charge in [-0.1, -0.05) is 19.1 Å². The number of thiocarbonyl (C=S) groups is 1. The van der Waals surface area contributed by atoms with Gasteiger partial charge in [0.05, 0.1) is 4.47 Å². The number of hydrogen-bond donors (Lipinski definition) is 2. The lowest BCUT2D eigenvalue weighted by molar-refractivity contribution is 0.452. The molecule has 122 valence electrons. The average molecular weight is 407 g/mol. The van der Waals surface area contributed by atoms with Crippen molar-refractivity contribution in [3.63, 3.8) is 0 Å². The fraction of sp³-hybridized carbons (Fsp3) is 0.133. The summed E-state index contributed by atoms with van der Waals surface area (Å²) in [6.45, 7) is 2.00. The van der Waals surface area contributed by atoms with Gasteiger partial charge in [-0.05, 0) is 52.3 Å². The van der Waals surface area contributed by atoms with Crippen LogP contribution in [0.5, 0.6) is 0 Å². The summed E-state index contributed by atoms with van der Waals surface area (Å²) in [5.74, 6) is -6.22. The molecule has 0 fully saturated rings. The van der Waals surface area contributed by atoms with Crippen LogP contribution >= 0.6 is 28.1 Å². The lowest BCUT2D eigenvalue weighted by Gasteiger charge is -2.13. The molecule has 0 bridgehead atoms. The molecule has 0 saturated heterocycles. The molecule has 0 heterocycles. The third-order valence-electron chi connectivity index (χ3n) is 3.07. The Morgan fingerprint density at radius 2 is 1.48 bits per heavy atom. The van der Waals surface area contributed by atoms with Crippen molar-refractivity contribution in [2.75, 3.05) is 10.6 Å². The number of benzene rings is 2. The van der Waals surface area contributed by atoms with Crippen molar-refractivity contribution in [2.45, 2.75) is 13.3 Å². The van der Waals surface area contributed by atoms with Gasteiger partial charge < -0.3 is 10.6 Å². The predicted molar refractivity (Wildman–Crippen MR) is 89.6 cm³/mol. The highest BCUT2D eigenvalue weighted by molar-refractivity contribution is 9.10. The van der Waals surface area contributed by atoms with Crippen LogP contribution in [0.2, 0.25) is 0 Å². The number of nitrogens with one attached hydrogen (secondary N) is 2. The summed E-state index contributed by atoms with van der Waals surface area (Å²) < 4.78 is 53.5. The molecule has 0 amide bonds. The molecule has 0 aliphatic carbocycles. The summed E-state index contributed by atoms with van der Waals surface area (Å²) in [4.78, 5) is 0. The van der Waals surface area contributed by atoms with E-state index in [4.69, 9.17) is 12.2 Å². The van der Waals surface area contributed by atoms with Crippen molar-refractivity contribution in [3.8, 4) is 0 Å². The smallest absolute Gasteiger partial charge is 0.186 e. The highest BCUT2D eigenvalue weighted by atomic mass is 79.9. The van der Waals surface area contributed by atoms with Crippen LogP contribution < -0.4 is 10.6 Å². The first-order chi connectivity index (χ1) is 10.8. The molecule has 2 nitrogen and oxygen atoms in total. The van der Waals surface area contributed by atoms with E-state index in [1.807, 2.05) is 19.1 Å². The average Bonchev–Trinajstić information content (AvgIpc) is 2.56. The van der Waals surface area contributed by atoms with E-state index in [0.29, 0.717) is 5.69 Å². The van der Waals surface area contributed by atoms with Crippen LogP contribution in [0.15, 0.2) is 28.7 Å². The molecule has 0 aliphatic heterocycles. The second-order valence-electron chi connectivity index (χ2n) is 4.57. The predicted octanol–water partition coefficient (Wildman–Crippen LogP) is 5.38. The second-order valence-corrected chi connectivity index (χ2v) is 5.78. The molecule has 0 aromatic heterocycles. The number of halogens is 5. The first kappa shape index (κ1) is 17.7. The molecule has 2 N–H and O–H groups in total. The zero-order valence-electron chi connectivity index (χ0n) is 11.8. The van der Waals surface area contributed by atoms with E-state index in [9.17, 15) is 17.6 Å². The van der Waals surface area contributed by atoms with E-state index in [2.05, 4.69) is 26.6 Å². The molecule has 0 aliphatic rings. The molecule has 2 rings (SSSR count). The lowest BCUT2D eigenvalue weighted by Crippen LogP contribution is -2.21. The highest BCUT2D eigenvalue weighted by Crippen LogP contribution is 2.31. The number of aryl methyl sites for hydroxylation is 1. The van der Waals surface area contributed by atoms with Gasteiger partial charge >= 0.3 is 0 Å². The zero-order valence-corrected chi connectivity index (χ0v) is 14.2. The van der Waals surface area contributed by atoms with Crippen molar-refractivity contribution < 1.29 is 17.6 Å². The number of anilines is 2. The van der Waals surface area contributed by atoms with Crippen LogP contribution in [0, 0.1) is 23.3 Å².